The molecule has 1 aromatic rings. The number of nitrogens with one attached hydrogen (secondary N) is 4. The molecule has 9 atom stereocenters. The minimum absolute atomic E-state index is 0.0000496. The monoisotopic (exact) mass is 842 g/mol. The summed E-state index contributed by atoms with van der Waals surface area (Å²) in [5.41, 5.74) is 1.38. The Kier molecular flexibility index (Phi) is 20.1. The maximum atomic E-state index is 14.1. The summed E-state index contributed by atoms with van der Waals surface area (Å²) < 4.78 is 19.5. The number of cyclic esters (lactones) is 1. The lowest BCUT2D eigenvalue weighted by Gasteiger charge is -2.33. The second-order valence-electron chi connectivity index (χ2n) is 16.5. The van der Waals surface area contributed by atoms with Crippen molar-refractivity contribution in [3.05, 3.63) is 58.9 Å². The number of allylic oxidation sites excluding steroid dienone is 1. The number of esters is 1. The minimum atomic E-state index is -1.29. The minimum Gasteiger partial charge on any atom is -0.449 e. The van der Waals surface area contributed by atoms with E-state index >= 15 is 0 Å². The van der Waals surface area contributed by atoms with Crippen molar-refractivity contribution in [1.82, 2.24) is 31.1 Å². The van der Waals surface area contributed by atoms with Crippen molar-refractivity contribution in [3.8, 4) is 0 Å². The molecule has 5 N–H and O–H groups in total. The lowest BCUT2D eigenvalue weighted by atomic mass is 9.88. The van der Waals surface area contributed by atoms with Gasteiger partial charge in [0.15, 0.2) is 6.10 Å². The van der Waals surface area contributed by atoms with Gasteiger partial charge in [0.25, 0.3) is 5.91 Å². The number of ether oxygens (including phenoxy) is 1. The zero-order chi connectivity index (χ0) is 45.6. The maximum Gasteiger partial charge on any atom is 0.334 e. The lowest BCUT2D eigenvalue weighted by molar-refractivity contribution is -0.154. The van der Waals surface area contributed by atoms with Crippen molar-refractivity contribution in [3.63, 3.8) is 0 Å². The summed E-state index contributed by atoms with van der Waals surface area (Å²) in [5, 5.41) is 22.2. The number of likely N-dealkylation sites (N-methyl/N-ethyl adjacent to an activating group) is 2. The number of hydrogen-bond donors (Lipinski definition) is 5. The van der Waals surface area contributed by atoms with Crippen molar-refractivity contribution < 1.29 is 47.8 Å². The molecule has 0 unspecified atom stereocenters. The fourth-order valence-electron chi connectivity index (χ4n) is 6.69. The lowest BCUT2D eigenvalue weighted by Crippen LogP contribution is -2.58. The predicted molar refractivity (Wildman–Crippen MR) is 225 cm³/mol. The number of aliphatic hydroxyl groups excluding tert-OH is 1. The molecule has 6 amide bonds. The van der Waals surface area contributed by atoms with Gasteiger partial charge >= 0.3 is 5.97 Å². The largest absolute Gasteiger partial charge is 0.449 e. The average Bonchev–Trinajstić information content (AvgIpc) is 3.20. The van der Waals surface area contributed by atoms with E-state index in [4.69, 9.17) is 4.74 Å². The number of amides is 6. The van der Waals surface area contributed by atoms with Crippen LogP contribution in [0.25, 0.3) is 0 Å². The number of hydrogen-bond acceptors (Lipinski definition) is 9. The third-order valence-corrected chi connectivity index (χ3v) is 11.1. The number of carbonyl (C=O) groups excluding carboxylic acids is 7. The Hall–Kier alpha value is -5.12. The van der Waals surface area contributed by atoms with Crippen molar-refractivity contribution in [1.29, 1.82) is 0 Å². The van der Waals surface area contributed by atoms with Gasteiger partial charge in [0, 0.05) is 32.0 Å². The summed E-state index contributed by atoms with van der Waals surface area (Å²) in [6.45, 7) is 16.5. The molecule has 1 aliphatic heterocycles. The molecule has 15 nitrogen and oxygen atoms in total. The van der Waals surface area contributed by atoms with E-state index in [2.05, 4.69) is 21.3 Å². The molecule has 0 aliphatic carbocycles. The third kappa shape index (κ3) is 14.9. The molecule has 0 saturated heterocycles. The first-order chi connectivity index (χ1) is 28.0. The van der Waals surface area contributed by atoms with Crippen LogP contribution in [0.15, 0.2) is 47.6 Å². The molecule has 1 heterocycles. The zero-order valence-electron chi connectivity index (χ0n) is 37.3. The van der Waals surface area contributed by atoms with Gasteiger partial charge in [-0.15, -0.1) is 0 Å². The van der Waals surface area contributed by atoms with E-state index in [0.29, 0.717) is 12.0 Å². The highest BCUT2D eigenvalue weighted by atomic mass is 19.1. The first-order valence-corrected chi connectivity index (χ1v) is 20.7. The second-order valence-corrected chi connectivity index (χ2v) is 16.5. The number of carbonyl (C=O) groups is 7. The summed E-state index contributed by atoms with van der Waals surface area (Å²) in [4.78, 5) is 98.0. The molecule has 334 valence electrons. The van der Waals surface area contributed by atoms with Gasteiger partial charge in [-0.2, -0.15) is 0 Å². The Labute approximate surface area is 354 Å². The Bertz CT molecular complexity index is 1750. The summed E-state index contributed by atoms with van der Waals surface area (Å²) >= 11 is 0. The van der Waals surface area contributed by atoms with Gasteiger partial charge in [-0.05, 0) is 77.0 Å². The highest BCUT2D eigenvalue weighted by Crippen LogP contribution is 2.21. The molecule has 0 saturated carbocycles. The topological polar surface area (TPSA) is 204 Å². The molecule has 1 aromatic carbocycles. The summed E-state index contributed by atoms with van der Waals surface area (Å²) in [7, 11) is 2.74. The molecule has 0 aromatic heterocycles. The number of nitrogens with zero attached hydrogens (tertiary/aromatic N) is 2. The Balaban J connectivity index is 2.63. The number of aliphatic hydroxyl groups is 1. The quantitative estimate of drug-likeness (QED) is 0.202. The SMILES string of the molecule is C/C=C(\C)[C@H]1NC(=O)[C@@H](C)NC(=O)[C@H]([C@@H](C)CC)NC(=O)CN(C)C(=O)[C@@H](Cc2ccc(F)cc2)N(C)C(=O)[C@H](C)NC(=O)[C@@H](CC(C)C)OC(=O)/C(C)=C/C[C@H](O)[C@@H]1C. The summed E-state index contributed by atoms with van der Waals surface area (Å²) in [5.74, 6) is -6.26. The van der Waals surface area contributed by atoms with Crippen LogP contribution in [-0.2, 0) is 44.7 Å². The van der Waals surface area contributed by atoms with Gasteiger partial charge in [-0.25, -0.2) is 9.18 Å². The van der Waals surface area contributed by atoms with Crippen molar-refractivity contribution in [2.45, 2.75) is 137 Å². The standard InChI is InChI=1S/C44H67FN6O9/c1-13-25(5)37-28(8)34(52)20-15-27(7)44(59)60-35(21-24(3)4)40(55)47-30(10)42(57)51(12)33(22-31-16-18-32(45)19-17-31)43(58)50(11)23-36(53)48-38(26(6)14-2)41(56)46-29(9)39(54)49-37/h13,15-19,24,26,28-30,33-35,37-38,52H,14,20-23H2,1-12H3,(H,46,56)(H,47,55)(H,48,53)(H,49,54)/b25-13+,27-15+/t26-,28-,29+,30-,33+,34-,35+,37+,38-/m0/s1. The average molecular weight is 843 g/mol. The van der Waals surface area contributed by atoms with Crippen LogP contribution in [0.5, 0.6) is 0 Å². The summed E-state index contributed by atoms with van der Waals surface area (Å²) in [6.07, 6.45) is 1.48. The Morgan fingerprint density at radius 2 is 1.50 bits per heavy atom. The first kappa shape index (κ1) is 51.0. The van der Waals surface area contributed by atoms with E-state index in [0.717, 1.165) is 15.4 Å². The van der Waals surface area contributed by atoms with E-state index < -0.39 is 102 Å². The van der Waals surface area contributed by atoms with E-state index in [1.807, 2.05) is 20.8 Å². The molecular weight excluding hydrogens is 776 g/mol. The molecule has 0 spiro atoms. The molecule has 60 heavy (non-hydrogen) atoms. The van der Waals surface area contributed by atoms with Crippen molar-refractivity contribution >= 4 is 41.4 Å². The fourth-order valence-corrected chi connectivity index (χ4v) is 6.69. The van der Waals surface area contributed by atoms with Crippen LogP contribution in [0, 0.1) is 23.6 Å². The van der Waals surface area contributed by atoms with Crippen LogP contribution in [0.2, 0.25) is 0 Å². The maximum absolute atomic E-state index is 14.1. The fraction of sp³-hybridized carbons (Fsp3) is 0.614. The van der Waals surface area contributed by atoms with E-state index in [1.54, 1.807) is 33.8 Å². The molecule has 16 heteroatoms. The van der Waals surface area contributed by atoms with Gasteiger partial charge in [0.1, 0.15) is 30.0 Å². The Morgan fingerprint density at radius 3 is 2.07 bits per heavy atom. The van der Waals surface area contributed by atoms with Crippen LogP contribution in [-0.4, -0.2) is 119 Å². The molecule has 0 bridgehead atoms. The predicted octanol–water partition coefficient (Wildman–Crippen LogP) is 2.95. The molecule has 0 fully saturated rings. The van der Waals surface area contributed by atoms with Gasteiger partial charge in [-0.1, -0.05) is 70.9 Å². The van der Waals surface area contributed by atoms with Crippen molar-refractivity contribution in [2.24, 2.45) is 17.8 Å². The molecular formula is C44H67FN6O9. The molecule has 2 rings (SSSR count). The van der Waals surface area contributed by atoms with Crippen LogP contribution >= 0.6 is 0 Å². The van der Waals surface area contributed by atoms with Gasteiger partial charge in [0.2, 0.25) is 29.5 Å². The molecule has 1 aliphatic rings. The van der Waals surface area contributed by atoms with E-state index in [-0.39, 0.29) is 36.7 Å². The van der Waals surface area contributed by atoms with Gasteiger partial charge < -0.3 is 40.9 Å². The number of halogens is 1. The third-order valence-electron chi connectivity index (χ3n) is 11.1. The van der Waals surface area contributed by atoms with Crippen LogP contribution in [0.1, 0.15) is 94.1 Å². The molecule has 0 radical (unpaired) electrons. The number of rotatable bonds is 7. The highest BCUT2D eigenvalue weighted by Gasteiger charge is 2.36. The zero-order valence-corrected chi connectivity index (χ0v) is 37.3. The van der Waals surface area contributed by atoms with Crippen molar-refractivity contribution in [2.75, 3.05) is 20.6 Å². The smallest absolute Gasteiger partial charge is 0.334 e. The van der Waals surface area contributed by atoms with E-state index in [9.17, 15) is 43.1 Å². The highest BCUT2D eigenvalue weighted by molar-refractivity contribution is 5.96. The van der Waals surface area contributed by atoms with Gasteiger partial charge in [0.05, 0.1) is 18.7 Å². The second kappa shape index (κ2) is 23.6. The Morgan fingerprint density at radius 1 is 0.900 bits per heavy atom. The first-order valence-electron chi connectivity index (χ1n) is 20.7. The van der Waals surface area contributed by atoms with Crippen LogP contribution in [0.3, 0.4) is 0 Å². The van der Waals surface area contributed by atoms with Gasteiger partial charge in [-0.3, -0.25) is 28.8 Å². The van der Waals surface area contributed by atoms with E-state index in [1.165, 1.54) is 65.2 Å². The number of benzene rings is 1. The van der Waals surface area contributed by atoms with Crippen LogP contribution < -0.4 is 21.3 Å². The summed E-state index contributed by atoms with van der Waals surface area (Å²) in [6, 6.07) is 0.131. The van der Waals surface area contributed by atoms with Crippen LogP contribution in [0.4, 0.5) is 4.39 Å². The normalized spacial score (nSPS) is 28.6.